The van der Waals surface area contributed by atoms with Gasteiger partial charge in [-0.25, -0.2) is 0 Å². The first-order chi connectivity index (χ1) is 12.9. The molecule has 0 bridgehead atoms. The fourth-order valence-electron chi connectivity index (χ4n) is 3.13. The number of aromatic amines is 1. The highest BCUT2D eigenvalue weighted by Crippen LogP contribution is 2.38. The van der Waals surface area contributed by atoms with Gasteiger partial charge in [0.05, 0.1) is 12.1 Å². The van der Waals surface area contributed by atoms with Gasteiger partial charge in [-0.1, -0.05) is 19.9 Å². The highest BCUT2D eigenvalue weighted by molar-refractivity contribution is 7.71. The average Bonchev–Trinajstić information content (AvgIpc) is 3.22. The molecule has 0 aliphatic carbocycles. The van der Waals surface area contributed by atoms with Crippen LogP contribution in [0.5, 0.6) is 23.0 Å². The molecule has 0 saturated heterocycles. The lowest BCUT2D eigenvalue weighted by Gasteiger charge is -2.13. The van der Waals surface area contributed by atoms with Crippen LogP contribution >= 0.6 is 12.2 Å². The number of nitrogens with zero attached hydrogens (tertiary/aromatic N) is 2. The molecule has 2 aromatic carbocycles. The van der Waals surface area contributed by atoms with Crippen molar-refractivity contribution in [1.82, 2.24) is 14.8 Å². The summed E-state index contributed by atoms with van der Waals surface area (Å²) in [4.78, 5) is 0. The first-order valence-electron chi connectivity index (χ1n) is 8.54. The van der Waals surface area contributed by atoms with Gasteiger partial charge in [-0.15, -0.1) is 0 Å². The third kappa shape index (κ3) is 3.12. The monoisotopic (exact) mass is 385 g/mol. The molecule has 3 aromatic rings. The third-order valence-corrected chi connectivity index (χ3v) is 4.86. The largest absolute Gasteiger partial charge is 0.508 e. The summed E-state index contributed by atoms with van der Waals surface area (Å²) in [5, 5.41) is 27.5. The number of phenols is 2. The van der Waals surface area contributed by atoms with Crippen LogP contribution in [-0.4, -0.2) is 31.8 Å². The number of hydrogen-bond donors (Lipinski definition) is 3. The molecule has 7 nitrogen and oxygen atoms in total. The lowest BCUT2D eigenvalue weighted by Crippen LogP contribution is -2.03. The maximum Gasteiger partial charge on any atom is 0.231 e. The van der Waals surface area contributed by atoms with Gasteiger partial charge in [0.25, 0.3) is 0 Å². The Morgan fingerprint density at radius 2 is 1.93 bits per heavy atom. The Morgan fingerprint density at radius 1 is 1.15 bits per heavy atom. The minimum atomic E-state index is -0.0576. The van der Waals surface area contributed by atoms with E-state index in [9.17, 15) is 10.2 Å². The highest BCUT2D eigenvalue weighted by atomic mass is 32.1. The Balaban J connectivity index is 1.77. The molecule has 0 spiro atoms. The second kappa shape index (κ2) is 6.62. The molecule has 1 aromatic heterocycles. The fourth-order valence-corrected chi connectivity index (χ4v) is 3.32. The van der Waals surface area contributed by atoms with Crippen molar-refractivity contribution in [3.63, 3.8) is 0 Å². The van der Waals surface area contributed by atoms with Crippen LogP contribution in [0.15, 0.2) is 30.3 Å². The van der Waals surface area contributed by atoms with Crippen molar-refractivity contribution in [3.8, 4) is 34.4 Å². The smallest absolute Gasteiger partial charge is 0.231 e. The summed E-state index contributed by atoms with van der Waals surface area (Å²) in [6.45, 7) is 4.60. The number of phenolic OH excluding ortho intramolecular Hbond substituents is 2. The lowest BCUT2D eigenvalue weighted by molar-refractivity contribution is 0.174. The van der Waals surface area contributed by atoms with Gasteiger partial charge in [0.2, 0.25) is 6.79 Å². The van der Waals surface area contributed by atoms with E-state index in [-0.39, 0.29) is 24.2 Å². The molecule has 2 heterocycles. The molecule has 8 heteroatoms. The van der Waals surface area contributed by atoms with Crippen molar-refractivity contribution in [2.24, 2.45) is 0 Å². The number of nitrogens with one attached hydrogen (secondary N) is 1. The molecule has 0 unspecified atom stereocenters. The second-order valence-electron chi connectivity index (χ2n) is 6.71. The maximum atomic E-state index is 10.4. The van der Waals surface area contributed by atoms with Crippen LogP contribution < -0.4 is 9.47 Å². The van der Waals surface area contributed by atoms with Gasteiger partial charge in [0.1, 0.15) is 11.5 Å². The van der Waals surface area contributed by atoms with Gasteiger partial charge in [-0.3, -0.25) is 9.67 Å². The van der Waals surface area contributed by atoms with Gasteiger partial charge < -0.3 is 19.7 Å². The maximum absolute atomic E-state index is 10.4. The highest BCUT2D eigenvalue weighted by Gasteiger charge is 2.19. The van der Waals surface area contributed by atoms with E-state index in [1.54, 1.807) is 10.6 Å². The number of H-pyrrole nitrogens is 1. The normalized spacial score (nSPS) is 12.7. The number of hydrogen-bond acceptors (Lipinski definition) is 6. The van der Waals surface area contributed by atoms with E-state index in [1.165, 1.54) is 6.07 Å². The Hall–Kier alpha value is -3.00. The molecule has 0 fully saturated rings. The minimum absolute atomic E-state index is 0.0576. The summed E-state index contributed by atoms with van der Waals surface area (Å²) >= 11 is 5.38. The number of aromatic hydroxyl groups is 2. The van der Waals surface area contributed by atoms with Gasteiger partial charge in [-0.05, 0) is 47.5 Å². The summed E-state index contributed by atoms with van der Waals surface area (Å²) in [6, 6.07) is 8.78. The zero-order valence-electron chi connectivity index (χ0n) is 14.9. The van der Waals surface area contributed by atoms with Crippen molar-refractivity contribution in [2.45, 2.75) is 26.3 Å². The van der Waals surface area contributed by atoms with Gasteiger partial charge in [-0.2, -0.15) is 5.10 Å². The molecule has 0 saturated carbocycles. The zero-order chi connectivity index (χ0) is 19.1. The molecule has 0 atom stereocenters. The Kier molecular flexibility index (Phi) is 4.27. The third-order valence-electron chi connectivity index (χ3n) is 4.54. The molecule has 3 N–H and O–H groups in total. The molecule has 0 amide bonds. The molecule has 1 aliphatic heterocycles. The van der Waals surface area contributed by atoms with Gasteiger partial charge >= 0.3 is 0 Å². The van der Waals surface area contributed by atoms with E-state index in [1.807, 2.05) is 32.0 Å². The van der Waals surface area contributed by atoms with Crippen LogP contribution in [0, 0.1) is 4.77 Å². The molecule has 140 valence electrons. The topological polar surface area (TPSA) is 92.5 Å². The van der Waals surface area contributed by atoms with Gasteiger partial charge in [0, 0.05) is 6.07 Å². The van der Waals surface area contributed by atoms with Crippen LogP contribution in [-0.2, 0) is 6.54 Å². The lowest BCUT2D eigenvalue weighted by atomic mass is 9.98. The summed E-state index contributed by atoms with van der Waals surface area (Å²) in [5.41, 5.74) is 2.19. The average molecular weight is 385 g/mol. The predicted molar refractivity (Wildman–Crippen MR) is 102 cm³/mol. The first kappa shape index (κ1) is 17.4. The van der Waals surface area contributed by atoms with Crippen LogP contribution in [0.25, 0.3) is 11.4 Å². The van der Waals surface area contributed by atoms with Crippen LogP contribution in [0.4, 0.5) is 0 Å². The summed E-state index contributed by atoms with van der Waals surface area (Å²) in [6.07, 6.45) is 0. The number of ether oxygens (including phenoxy) is 2. The number of aromatic nitrogens is 3. The number of benzene rings is 2. The first-order valence-corrected chi connectivity index (χ1v) is 8.95. The molecule has 4 rings (SSSR count). The van der Waals surface area contributed by atoms with Crippen molar-refractivity contribution in [3.05, 3.63) is 46.2 Å². The SMILES string of the molecule is CC(C)c1cc(-c2n[nH]c(=S)n2Cc2ccc3c(c2)OCO3)c(O)cc1O. The molecule has 27 heavy (non-hydrogen) atoms. The zero-order valence-corrected chi connectivity index (χ0v) is 15.7. The molecular weight excluding hydrogens is 366 g/mol. The van der Waals surface area contributed by atoms with E-state index in [0.29, 0.717) is 34.2 Å². The quantitative estimate of drug-likeness (QED) is 0.590. The van der Waals surface area contributed by atoms with Crippen molar-refractivity contribution in [2.75, 3.05) is 6.79 Å². The molecular formula is C19H19N3O4S. The van der Waals surface area contributed by atoms with E-state index >= 15 is 0 Å². The summed E-state index contributed by atoms with van der Waals surface area (Å²) < 4.78 is 13.0. The fraction of sp³-hybridized carbons (Fsp3) is 0.263. The van der Waals surface area contributed by atoms with Crippen LogP contribution in [0.1, 0.15) is 30.9 Å². The van der Waals surface area contributed by atoms with Crippen LogP contribution in [0.3, 0.4) is 0 Å². The predicted octanol–water partition coefficient (Wildman–Crippen LogP) is 3.92. The standard InChI is InChI=1S/C19H19N3O4S/c1-10(2)12-6-13(15(24)7-14(12)23)18-20-21-19(27)22(18)8-11-3-4-16-17(5-11)26-9-25-16/h3-7,10,23-24H,8-9H2,1-2H3,(H,21,27). The summed E-state index contributed by atoms with van der Waals surface area (Å²) in [5.74, 6) is 2.00. The Bertz CT molecular complexity index is 1070. The van der Waals surface area contributed by atoms with E-state index in [2.05, 4.69) is 10.2 Å². The Labute approximate surface area is 160 Å². The van der Waals surface area contributed by atoms with Gasteiger partial charge in [0.15, 0.2) is 22.1 Å². The van der Waals surface area contributed by atoms with Crippen molar-refractivity contribution >= 4 is 12.2 Å². The van der Waals surface area contributed by atoms with Crippen LogP contribution in [0.2, 0.25) is 0 Å². The van der Waals surface area contributed by atoms with Crippen molar-refractivity contribution in [1.29, 1.82) is 0 Å². The molecule has 1 aliphatic rings. The number of rotatable bonds is 4. The molecule has 0 radical (unpaired) electrons. The van der Waals surface area contributed by atoms with E-state index < -0.39 is 0 Å². The number of fused-ring (bicyclic) bond motifs is 1. The Morgan fingerprint density at radius 3 is 2.70 bits per heavy atom. The van der Waals surface area contributed by atoms with Crippen molar-refractivity contribution < 1.29 is 19.7 Å². The summed E-state index contributed by atoms with van der Waals surface area (Å²) in [7, 11) is 0. The van der Waals surface area contributed by atoms with E-state index in [0.717, 1.165) is 11.1 Å². The second-order valence-corrected chi connectivity index (χ2v) is 7.10. The van der Waals surface area contributed by atoms with E-state index in [4.69, 9.17) is 21.7 Å². The minimum Gasteiger partial charge on any atom is -0.508 e.